The molecule has 106 valence electrons. The zero-order valence-corrected chi connectivity index (χ0v) is 13.0. The maximum Gasteiger partial charge on any atom is 0.0454 e. The fourth-order valence-electron chi connectivity index (χ4n) is 4.07. The van der Waals surface area contributed by atoms with E-state index in [1.807, 2.05) is 0 Å². The van der Waals surface area contributed by atoms with E-state index >= 15 is 0 Å². The summed E-state index contributed by atoms with van der Waals surface area (Å²) in [5.41, 5.74) is 10.7. The highest BCUT2D eigenvalue weighted by Gasteiger charge is 2.31. The Bertz CT molecular complexity index is 452. The highest BCUT2D eigenvalue weighted by molar-refractivity contribution is 7.99. The molecule has 2 aliphatic carbocycles. The first-order valence-corrected chi connectivity index (χ1v) is 9.00. The van der Waals surface area contributed by atoms with E-state index in [1.54, 1.807) is 5.69 Å². The number of thioether (sulfide) groups is 1. The van der Waals surface area contributed by atoms with E-state index in [9.17, 15) is 0 Å². The van der Waals surface area contributed by atoms with E-state index in [0.29, 0.717) is 6.04 Å². The molecule has 3 unspecified atom stereocenters. The highest BCUT2D eigenvalue weighted by Crippen LogP contribution is 2.40. The zero-order valence-electron chi connectivity index (χ0n) is 12.2. The van der Waals surface area contributed by atoms with Crippen LogP contribution < -0.4 is 5.73 Å². The van der Waals surface area contributed by atoms with Gasteiger partial charge in [0.15, 0.2) is 0 Å². The monoisotopic (exact) mass is 278 g/mol. The second kappa shape index (κ2) is 5.53. The summed E-state index contributed by atoms with van der Waals surface area (Å²) in [5, 5.41) is 0.794. The van der Waals surface area contributed by atoms with Crippen molar-refractivity contribution in [3.8, 4) is 0 Å². The summed E-state index contributed by atoms with van der Waals surface area (Å²) >= 11 is 2.06. The van der Waals surface area contributed by atoms with Crippen LogP contribution in [-0.2, 0) is 6.42 Å². The molecule has 2 nitrogen and oxygen atoms in total. The van der Waals surface area contributed by atoms with Gasteiger partial charge in [0.2, 0.25) is 0 Å². The second-order valence-electron chi connectivity index (χ2n) is 6.18. The van der Waals surface area contributed by atoms with Gasteiger partial charge in [-0.15, -0.1) is 0 Å². The van der Waals surface area contributed by atoms with Crippen LogP contribution in [-0.4, -0.2) is 16.1 Å². The Kier molecular flexibility index (Phi) is 3.95. The average molecular weight is 278 g/mol. The fraction of sp³-hybridized carbons (Fsp3) is 0.750. The van der Waals surface area contributed by atoms with Gasteiger partial charge in [0.25, 0.3) is 0 Å². The van der Waals surface area contributed by atoms with Gasteiger partial charge in [0.05, 0.1) is 0 Å². The Morgan fingerprint density at radius 2 is 2.00 bits per heavy atom. The van der Waals surface area contributed by atoms with E-state index in [0.717, 1.165) is 11.7 Å². The number of aryl methyl sites for hydroxylation is 1. The van der Waals surface area contributed by atoms with Crippen LogP contribution in [0.4, 0.5) is 0 Å². The predicted molar refractivity (Wildman–Crippen MR) is 83.8 cm³/mol. The number of hydrogen-bond donors (Lipinski definition) is 1. The van der Waals surface area contributed by atoms with Gasteiger partial charge in [-0.2, -0.15) is 11.8 Å². The van der Waals surface area contributed by atoms with Gasteiger partial charge >= 0.3 is 0 Å². The third-order valence-electron chi connectivity index (χ3n) is 5.00. The van der Waals surface area contributed by atoms with Crippen molar-refractivity contribution in [2.75, 3.05) is 6.26 Å². The molecule has 3 heteroatoms. The van der Waals surface area contributed by atoms with Crippen LogP contribution in [0.3, 0.4) is 0 Å². The normalized spacial score (nSPS) is 31.2. The molecule has 2 aliphatic rings. The summed E-state index contributed by atoms with van der Waals surface area (Å²) < 4.78 is 2.66. The Labute approximate surface area is 121 Å². The van der Waals surface area contributed by atoms with Crippen LogP contribution in [0.5, 0.6) is 0 Å². The average Bonchev–Trinajstić information content (AvgIpc) is 2.76. The maximum atomic E-state index is 6.31. The molecule has 1 heterocycles. The van der Waals surface area contributed by atoms with Crippen LogP contribution >= 0.6 is 11.8 Å². The number of rotatable bonds is 2. The minimum Gasteiger partial charge on any atom is -0.344 e. The summed E-state index contributed by atoms with van der Waals surface area (Å²) in [4.78, 5) is 0. The lowest BCUT2D eigenvalue weighted by molar-refractivity contribution is 0.350. The third-order valence-corrected chi connectivity index (χ3v) is 6.15. The Balaban J connectivity index is 1.99. The summed E-state index contributed by atoms with van der Waals surface area (Å²) in [6, 6.07) is 3.35. The second-order valence-corrected chi connectivity index (χ2v) is 7.26. The van der Waals surface area contributed by atoms with Crippen LogP contribution in [0.1, 0.15) is 67.6 Å². The van der Waals surface area contributed by atoms with Gasteiger partial charge in [0.1, 0.15) is 0 Å². The molecule has 0 spiro atoms. The summed E-state index contributed by atoms with van der Waals surface area (Å²) in [7, 11) is 0. The van der Waals surface area contributed by atoms with Crippen molar-refractivity contribution < 1.29 is 0 Å². The Morgan fingerprint density at radius 3 is 2.79 bits per heavy atom. The molecule has 1 aromatic heterocycles. The molecule has 1 aromatic rings. The van der Waals surface area contributed by atoms with Gasteiger partial charge < -0.3 is 10.3 Å². The topological polar surface area (TPSA) is 30.9 Å². The Morgan fingerprint density at radius 1 is 1.21 bits per heavy atom. The molecule has 3 rings (SSSR count). The summed E-state index contributed by atoms with van der Waals surface area (Å²) in [6.07, 6.45) is 11.5. The quantitative estimate of drug-likeness (QED) is 0.887. The van der Waals surface area contributed by atoms with E-state index in [-0.39, 0.29) is 6.04 Å². The van der Waals surface area contributed by atoms with Gasteiger partial charge in [0, 0.05) is 28.7 Å². The number of hydrogen-bond acceptors (Lipinski definition) is 2. The van der Waals surface area contributed by atoms with Crippen molar-refractivity contribution >= 4 is 11.8 Å². The summed E-state index contributed by atoms with van der Waals surface area (Å²) in [6.45, 7) is 2.27. The first kappa shape index (κ1) is 13.6. The number of aromatic nitrogens is 1. The number of nitrogens with zero attached hydrogens (tertiary/aromatic N) is 1. The predicted octanol–water partition coefficient (Wildman–Crippen LogP) is 3.98. The van der Waals surface area contributed by atoms with Crippen molar-refractivity contribution in [1.29, 1.82) is 0 Å². The van der Waals surface area contributed by atoms with E-state index < -0.39 is 0 Å². The van der Waals surface area contributed by atoms with Crippen molar-refractivity contribution in [3.63, 3.8) is 0 Å². The lowest BCUT2D eigenvalue weighted by Gasteiger charge is -2.35. The minimum absolute atomic E-state index is 0.278. The molecule has 0 saturated heterocycles. The lowest BCUT2D eigenvalue weighted by atomic mass is 9.91. The van der Waals surface area contributed by atoms with Gasteiger partial charge in [-0.3, -0.25) is 0 Å². The van der Waals surface area contributed by atoms with E-state index in [2.05, 4.69) is 35.6 Å². The van der Waals surface area contributed by atoms with Gasteiger partial charge in [-0.25, -0.2) is 0 Å². The lowest BCUT2D eigenvalue weighted by Crippen LogP contribution is -2.28. The number of fused-ring (bicyclic) bond motifs is 1. The molecule has 0 aromatic carbocycles. The highest BCUT2D eigenvalue weighted by atomic mass is 32.2. The first-order chi connectivity index (χ1) is 9.22. The van der Waals surface area contributed by atoms with Crippen molar-refractivity contribution in [2.45, 2.75) is 69.2 Å². The molecule has 2 N–H and O–H groups in total. The van der Waals surface area contributed by atoms with Crippen molar-refractivity contribution in [1.82, 2.24) is 4.57 Å². The molecule has 1 fully saturated rings. The van der Waals surface area contributed by atoms with Crippen LogP contribution in [0.25, 0.3) is 0 Å². The minimum atomic E-state index is 0.278. The summed E-state index contributed by atoms with van der Waals surface area (Å²) in [5.74, 6) is 0. The molecule has 1 saturated carbocycles. The third kappa shape index (κ3) is 2.36. The zero-order chi connectivity index (χ0) is 13.4. The van der Waals surface area contributed by atoms with Gasteiger partial charge in [-0.05, 0) is 56.9 Å². The van der Waals surface area contributed by atoms with Gasteiger partial charge in [-0.1, -0.05) is 12.8 Å². The van der Waals surface area contributed by atoms with E-state index in [4.69, 9.17) is 5.73 Å². The van der Waals surface area contributed by atoms with Crippen LogP contribution in [0, 0.1) is 6.92 Å². The van der Waals surface area contributed by atoms with Crippen LogP contribution in [0.15, 0.2) is 6.07 Å². The molecule has 19 heavy (non-hydrogen) atoms. The van der Waals surface area contributed by atoms with Crippen LogP contribution in [0.2, 0.25) is 0 Å². The van der Waals surface area contributed by atoms with Crippen molar-refractivity contribution in [2.24, 2.45) is 5.73 Å². The molecule has 0 aliphatic heterocycles. The molecule has 0 amide bonds. The molecule has 0 bridgehead atoms. The molecular formula is C16H26N2S. The number of nitrogens with two attached hydrogens (primary N) is 1. The fourth-order valence-corrected chi connectivity index (χ4v) is 5.04. The molecule has 0 radical (unpaired) electrons. The standard InChI is InChI=1S/C16H26N2S/c1-11-10-12-13(17)6-5-8-14(12)18(11)15-7-3-4-9-16(15)19-2/h10,13,15-16H,3-9,17H2,1-2H3. The van der Waals surface area contributed by atoms with Crippen molar-refractivity contribution in [3.05, 3.63) is 23.0 Å². The van der Waals surface area contributed by atoms with E-state index in [1.165, 1.54) is 49.8 Å². The SMILES string of the molecule is CSC1CCCCC1n1c(C)cc2c1CCCC2N. The molecular weight excluding hydrogens is 252 g/mol. The maximum absolute atomic E-state index is 6.31. The largest absolute Gasteiger partial charge is 0.344 e. The molecule has 3 atom stereocenters. The Hall–Kier alpha value is -0.410. The first-order valence-electron chi connectivity index (χ1n) is 7.71. The smallest absolute Gasteiger partial charge is 0.0454 e.